The van der Waals surface area contributed by atoms with E-state index in [4.69, 9.17) is 0 Å². The first kappa shape index (κ1) is 19.5. The molecule has 1 aromatic carbocycles. The minimum absolute atomic E-state index is 0. The predicted molar refractivity (Wildman–Crippen MR) is 104 cm³/mol. The molecule has 2 aromatic rings. The van der Waals surface area contributed by atoms with E-state index in [0.29, 0.717) is 0 Å². The molecular formula is C18H22Cl2N4O. The molecule has 2 aliphatic rings. The van der Waals surface area contributed by atoms with Crippen molar-refractivity contribution >= 4 is 36.5 Å². The first-order valence-corrected chi connectivity index (χ1v) is 8.09. The van der Waals surface area contributed by atoms with Crippen molar-refractivity contribution in [3.8, 4) is 0 Å². The maximum absolute atomic E-state index is 12.7. The molecule has 0 aliphatic carbocycles. The number of amides is 1. The SMILES string of the molecule is Cl.Cl.O=C(c1ccc2c(c1)CNC2)N1CCN(c2ccccn2)CC1. The summed E-state index contributed by atoms with van der Waals surface area (Å²) in [5.41, 5.74) is 3.36. The first-order valence-electron chi connectivity index (χ1n) is 8.09. The summed E-state index contributed by atoms with van der Waals surface area (Å²) in [6.45, 7) is 4.91. The Hall–Kier alpha value is -1.82. The topological polar surface area (TPSA) is 48.5 Å². The molecule has 1 saturated heterocycles. The number of benzene rings is 1. The highest BCUT2D eigenvalue weighted by molar-refractivity contribution is 5.94. The van der Waals surface area contributed by atoms with Crippen LogP contribution < -0.4 is 10.2 Å². The van der Waals surface area contributed by atoms with Crippen LogP contribution >= 0.6 is 24.8 Å². The molecule has 134 valence electrons. The lowest BCUT2D eigenvalue weighted by Gasteiger charge is -2.35. The molecule has 5 nitrogen and oxygen atoms in total. The zero-order valence-corrected chi connectivity index (χ0v) is 15.5. The number of aromatic nitrogens is 1. The van der Waals surface area contributed by atoms with Crippen LogP contribution in [0, 0.1) is 0 Å². The highest BCUT2D eigenvalue weighted by Gasteiger charge is 2.23. The van der Waals surface area contributed by atoms with E-state index in [2.05, 4.69) is 21.3 Å². The Morgan fingerprint density at radius 3 is 2.44 bits per heavy atom. The minimum atomic E-state index is 0. The summed E-state index contributed by atoms with van der Waals surface area (Å²) >= 11 is 0. The standard InChI is InChI=1S/C18H20N4O.2ClH/c23-18(14-4-5-15-12-19-13-16(15)11-14)22-9-7-21(8-10-22)17-3-1-2-6-20-17;;/h1-6,11,19H,7-10,12-13H2;2*1H. The summed E-state index contributed by atoms with van der Waals surface area (Å²) in [7, 11) is 0. The van der Waals surface area contributed by atoms with E-state index in [1.165, 1.54) is 11.1 Å². The van der Waals surface area contributed by atoms with E-state index >= 15 is 0 Å². The second-order valence-corrected chi connectivity index (χ2v) is 6.05. The number of piperazine rings is 1. The Bertz CT molecular complexity index is 718. The second-order valence-electron chi connectivity index (χ2n) is 6.05. The minimum Gasteiger partial charge on any atom is -0.353 e. The summed E-state index contributed by atoms with van der Waals surface area (Å²) in [5.74, 6) is 1.13. The third kappa shape index (κ3) is 4.06. The fraction of sp³-hybridized carbons (Fsp3) is 0.333. The number of carbonyl (C=O) groups is 1. The van der Waals surface area contributed by atoms with Gasteiger partial charge in [-0.25, -0.2) is 4.98 Å². The van der Waals surface area contributed by atoms with E-state index in [1.54, 1.807) is 0 Å². The van der Waals surface area contributed by atoms with Crippen LogP contribution in [0.3, 0.4) is 0 Å². The molecule has 1 aromatic heterocycles. The number of carbonyl (C=O) groups excluding carboxylic acids is 1. The molecule has 1 N–H and O–H groups in total. The lowest BCUT2D eigenvalue weighted by molar-refractivity contribution is 0.0746. The van der Waals surface area contributed by atoms with E-state index < -0.39 is 0 Å². The number of fused-ring (bicyclic) bond motifs is 1. The number of rotatable bonds is 2. The van der Waals surface area contributed by atoms with Crippen LogP contribution in [-0.2, 0) is 13.1 Å². The number of nitrogens with zero attached hydrogens (tertiary/aromatic N) is 3. The van der Waals surface area contributed by atoms with Gasteiger partial charge in [-0.05, 0) is 35.4 Å². The summed E-state index contributed by atoms with van der Waals surface area (Å²) in [6, 6.07) is 12.0. The van der Waals surface area contributed by atoms with Crippen molar-refractivity contribution in [3.05, 3.63) is 59.3 Å². The quantitative estimate of drug-likeness (QED) is 0.869. The van der Waals surface area contributed by atoms with Gasteiger partial charge in [0.15, 0.2) is 0 Å². The molecule has 2 aliphatic heterocycles. The van der Waals surface area contributed by atoms with Gasteiger partial charge in [0, 0.05) is 51.0 Å². The number of hydrogen-bond acceptors (Lipinski definition) is 4. The van der Waals surface area contributed by atoms with E-state index in [-0.39, 0.29) is 30.7 Å². The van der Waals surface area contributed by atoms with Crippen molar-refractivity contribution in [3.63, 3.8) is 0 Å². The summed E-state index contributed by atoms with van der Waals surface area (Å²) in [5, 5.41) is 3.32. The van der Waals surface area contributed by atoms with Crippen LogP contribution in [0.4, 0.5) is 5.82 Å². The van der Waals surface area contributed by atoms with Crippen molar-refractivity contribution in [2.24, 2.45) is 0 Å². The highest BCUT2D eigenvalue weighted by Crippen LogP contribution is 2.19. The number of pyridine rings is 1. The van der Waals surface area contributed by atoms with Crippen LogP contribution in [0.2, 0.25) is 0 Å². The van der Waals surface area contributed by atoms with Crippen molar-refractivity contribution < 1.29 is 4.79 Å². The van der Waals surface area contributed by atoms with Gasteiger partial charge in [0.05, 0.1) is 0 Å². The fourth-order valence-corrected chi connectivity index (χ4v) is 3.29. The molecule has 4 rings (SSSR count). The highest BCUT2D eigenvalue weighted by atomic mass is 35.5. The molecular weight excluding hydrogens is 359 g/mol. The average Bonchev–Trinajstić information content (AvgIpc) is 3.10. The van der Waals surface area contributed by atoms with Crippen LogP contribution in [0.15, 0.2) is 42.6 Å². The van der Waals surface area contributed by atoms with E-state index in [0.717, 1.165) is 50.6 Å². The van der Waals surface area contributed by atoms with Gasteiger partial charge in [-0.15, -0.1) is 24.8 Å². The Labute approximate surface area is 160 Å². The molecule has 0 saturated carbocycles. The summed E-state index contributed by atoms with van der Waals surface area (Å²) in [4.78, 5) is 21.3. The van der Waals surface area contributed by atoms with Crippen LogP contribution in [0.1, 0.15) is 21.5 Å². The molecule has 1 amide bonds. The summed E-state index contributed by atoms with van der Waals surface area (Å²) < 4.78 is 0. The van der Waals surface area contributed by atoms with Gasteiger partial charge in [0.2, 0.25) is 0 Å². The molecule has 0 atom stereocenters. The van der Waals surface area contributed by atoms with Gasteiger partial charge < -0.3 is 15.1 Å². The maximum atomic E-state index is 12.7. The zero-order valence-electron chi connectivity index (χ0n) is 13.9. The Balaban J connectivity index is 0.00000113. The number of nitrogens with one attached hydrogen (secondary N) is 1. The maximum Gasteiger partial charge on any atom is 0.253 e. The normalized spacial score (nSPS) is 15.8. The van der Waals surface area contributed by atoms with Crippen molar-refractivity contribution in [2.75, 3.05) is 31.1 Å². The van der Waals surface area contributed by atoms with Crippen molar-refractivity contribution in [1.29, 1.82) is 0 Å². The molecule has 25 heavy (non-hydrogen) atoms. The molecule has 0 bridgehead atoms. The average molecular weight is 381 g/mol. The molecule has 7 heteroatoms. The largest absolute Gasteiger partial charge is 0.353 e. The Morgan fingerprint density at radius 1 is 0.960 bits per heavy atom. The Morgan fingerprint density at radius 2 is 1.72 bits per heavy atom. The van der Waals surface area contributed by atoms with Crippen LogP contribution in [0.5, 0.6) is 0 Å². The molecule has 1 fully saturated rings. The van der Waals surface area contributed by atoms with E-state index in [1.807, 2.05) is 41.4 Å². The number of halogens is 2. The van der Waals surface area contributed by atoms with Gasteiger partial charge in [-0.2, -0.15) is 0 Å². The first-order chi connectivity index (χ1) is 11.3. The lowest BCUT2D eigenvalue weighted by Crippen LogP contribution is -2.49. The molecule has 0 unspecified atom stereocenters. The Kier molecular flexibility index (Phi) is 6.64. The summed E-state index contributed by atoms with van der Waals surface area (Å²) in [6.07, 6.45) is 1.81. The van der Waals surface area contributed by atoms with Gasteiger partial charge in [-0.3, -0.25) is 4.79 Å². The molecule has 0 radical (unpaired) electrons. The smallest absolute Gasteiger partial charge is 0.253 e. The van der Waals surface area contributed by atoms with Gasteiger partial charge in [0.1, 0.15) is 5.82 Å². The van der Waals surface area contributed by atoms with Gasteiger partial charge >= 0.3 is 0 Å². The molecule has 3 heterocycles. The van der Waals surface area contributed by atoms with Gasteiger partial charge in [0.25, 0.3) is 5.91 Å². The molecule has 0 spiro atoms. The monoisotopic (exact) mass is 380 g/mol. The lowest BCUT2D eigenvalue weighted by atomic mass is 10.1. The van der Waals surface area contributed by atoms with Crippen molar-refractivity contribution in [2.45, 2.75) is 13.1 Å². The van der Waals surface area contributed by atoms with Crippen LogP contribution in [0.25, 0.3) is 0 Å². The third-order valence-electron chi connectivity index (χ3n) is 4.62. The third-order valence-corrected chi connectivity index (χ3v) is 4.62. The zero-order chi connectivity index (χ0) is 15.6. The fourth-order valence-electron chi connectivity index (χ4n) is 3.29. The number of hydrogen-bond donors (Lipinski definition) is 1. The van der Waals surface area contributed by atoms with Crippen LogP contribution in [-0.4, -0.2) is 42.0 Å². The van der Waals surface area contributed by atoms with Crippen molar-refractivity contribution in [1.82, 2.24) is 15.2 Å². The number of anilines is 1. The second kappa shape index (κ2) is 8.52. The predicted octanol–water partition coefficient (Wildman–Crippen LogP) is 2.49. The van der Waals surface area contributed by atoms with E-state index in [9.17, 15) is 4.79 Å². The van der Waals surface area contributed by atoms with Gasteiger partial charge in [-0.1, -0.05) is 12.1 Å².